The summed E-state index contributed by atoms with van der Waals surface area (Å²) in [5.74, 6) is -2.09. The van der Waals surface area contributed by atoms with Crippen LogP contribution in [-0.2, 0) is 19.1 Å². The average Bonchev–Trinajstić information content (AvgIpc) is 3.12. The molecular formula is C25H27N3O6. The van der Waals surface area contributed by atoms with Gasteiger partial charge >= 0.3 is 12.1 Å². The number of piperazine rings is 1. The second kappa shape index (κ2) is 9.17. The third-order valence-electron chi connectivity index (χ3n) is 6.22. The number of hydrogen-bond donors (Lipinski definition) is 2. The molecule has 0 atom stereocenters. The molecule has 2 aliphatic rings. The number of rotatable bonds is 6. The Morgan fingerprint density at radius 1 is 1.03 bits per heavy atom. The van der Waals surface area contributed by atoms with Crippen LogP contribution in [0.1, 0.15) is 30.9 Å². The summed E-state index contributed by atoms with van der Waals surface area (Å²) >= 11 is 0. The minimum absolute atomic E-state index is 0.100. The molecule has 0 bridgehead atoms. The molecule has 0 aromatic heterocycles. The largest absolute Gasteiger partial charge is 0.480 e. The summed E-state index contributed by atoms with van der Waals surface area (Å²) in [7, 11) is 0. The van der Waals surface area contributed by atoms with Crippen LogP contribution in [0.5, 0.6) is 0 Å². The Labute approximate surface area is 197 Å². The topological polar surface area (TPSA) is 116 Å². The number of amides is 3. The Balaban J connectivity index is 1.36. The highest BCUT2D eigenvalue weighted by Crippen LogP contribution is 2.44. The highest BCUT2D eigenvalue weighted by Gasteiger charge is 2.38. The lowest BCUT2D eigenvalue weighted by atomic mass is 9.98. The number of carboxylic acid groups (broad SMARTS) is 1. The van der Waals surface area contributed by atoms with Gasteiger partial charge in [-0.2, -0.15) is 0 Å². The number of nitrogens with one attached hydrogen (secondary N) is 1. The molecule has 2 aromatic rings. The van der Waals surface area contributed by atoms with Crippen LogP contribution in [0.25, 0.3) is 11.1 Å². The quantitative estimate of drug-likeness (QED) is 0.675. The van der Waals surface area contributed by atoms with E-state index in [1.165, 1.54) is 9.80 Å². The van der Waals surface area contributed by atoms with Gasteiger partial charge in [-0.1, -0.05) is 48.5 Å². The standard InChI is InChI=1S/C25H27N3O6/c1-25(2,23(32)28-12-11-27(14-22(30)31)21(29)13-28)26-24(33)34-15-20-18-9-5-3-7-16(18)17-8-4-6-10-19(17)20/h3-10,20H,11-15H2,1-2H3,(H,26,33)(H,30,31). The number of benzene rings is 2. The first kappa shape index (κ1) is 23.3. The monoisotopic (exact) mass is 465 g/mol. The zero-order chi connectivity index (χ0) is 24.5. The summed E-state index contributed by atoms with van der Waals surface area (Å²) in [5.41, 5.74) is 3.11. The van der Waals surface area contributed by atoms with E-state index in [0.29, 0.717) is 0 Å². The van der Waals surface area contributed by atoms with Gasteiger partial charge in [0.15, 0.2) is 0 Å². The predicted octanol–water partition coefficient (Wildman–Crippen LogP) is 2.06. The lowest BCUT2D eigenvalue weighted by Gasteiger charge is -2.37. The summed E-state index contributed by atoms with van der Waals surface area (Å²) in [6, 6.07) is 16.0. The van der Waals surface area contributed by atoms with E-state index in [1.54, 1.807) is 13.8 Å². The van der Waals surface area contributed by atoms with Gasteiger partial charge < -0.3 is 25.0 Å². The van der Waals surface area contributed by atoms with E-state index in [4.69, 9.17) is 9.84 Å². The molecule has 1 fully saturated rings. The van der Waals surface area contributed by atoms with Crippen LogP contribution in [0.4, 0.5) is 4.79 Å². The van der Waals surface area contributed by atoms with Crippen molar-refractivity contribution < 1.29 is 29.0 Å². The molecule has 1 heterocycles. The Hall–Kier alpha value is -3.88. The lowest BCUT2D eigenvalue weighted by molar-refractivity contribution is -0.152. The summed E-state index contributed by atoms with van der Waals surface area (Å²) in [6.07, 6.45) is -0.726. The summed E-state index contributed by atoms with van der Waals surface area (Å²) < 4.78 is 5.53. The molecule has 3 amide bonds. The van der Waals surface area contributed by atoms with E-state index in [-0.39, 0.29) is 32.2 Å². The summed E-state index contributed by atoms with van der Waals surface area (Å²) in [4.78, 5) is 51.2. The van der Waals surface area contributed by atoms with E-state index in [0.717, 1.165) is 22.3 Å². The number of ether oxygens (including phenoxy) is 1. The van der Waals surface area contributed by atoms with E-state index in [1.807, 2.05) is 48.5 Å². The molecule has 9 nitrogen and oxygen atoms in total. The van der Waals surface area contributed by atoms with Crippen LogP contribution in [0.2, 0.25) is 0 Å². The molecular weight excluding hydrogens is 438 g/mol. The molecule has 0 radical (unpaired) electrons. The highest BCUT2D eigenvalue weighted by atomic mass is 16.5. The summed E-state index contributed by atoms with van der Waals surface area (Å²) in [5, 5.41) is 11.5. The van der Waals surface area contributed by atoms with Crippen molar-refractivity contribution in [3.63, 3.8) is 0 Å². The minimum atomic E-state index is -1.31. The molecule has 2 N–H and O–H groups in total. The van der Waals surface area contributed by atoms with E-state index in [9.17, 15) is 19.2 Å². The van der Waals surface area contributed by atoms with Crippen LogP contribution in [0.15, 0.2) is 48.5 Å². The number of carboxylic acids is 1. The molecule has 34 heavy (non-hydrogen) atoms. The molecule has 0 spiro atoms. The maximum absolute atomic E-state index is 13.0. The first-order chi connectivity index (χ1) is 16.2. The Morgan fingerprint density at radius 2 is 1.62 bits per heavy atom. The first-order valence-corrected chi connectivity index (χ1v) is 11.1. The van der Waals surface area contributed by atoms with Gasteiger partial charge in [0.2, 0.25) is 11.8 Å². The van der Waals surface area contributed by atoms with Crippen molar-refractivity contribution in [1.29, 1.82) is 0 Å². The van der Waals surface area contributed by atoms with Crippen molar-refractivity contribution in [2.45, 2.75) is 25.3 Å². The van der Waals surface area contributed by atoms with Crippen molar-refractivity contribution in [2.75, 3.05) is 32.8 Å². The zero-order valence-electron chi connectivity index (χ0n) is 19.1. The molecule has 0 unspecified atom stereocenters. The van der Waals surface area contributed by atoms with Crippen molar-refractivity contribution in [3.05, 3.63) is 59.7 Å². The molecule has 1 aliphatic carbocycles. The second-order valence-electron chi connectivity index (χ2n) is 9.01. The van der Waals surface area contributed by atoms with Gasteiger partial charge in [0.25, 0.3) is 0 Å². The number of aliphatic carboxylic acids is 1. The molecule has 178 valence electrons. The minimum Gasteiger partial charge on any atom is -0.480 e. The SMILES string of the molecule is CC(C)(NC(=O)OCC1c2ccccc2-c2ccccc21)C(=O)N1CCN(CC(=O)O)C(=O)C1. The van der Waals surface area contributed by atoms with Crippen LogP contribution in [0.3, 0.4) is 0 Å². The Morgan fingerprint density at radius 3 is 2.18 bits per heavy atom. The molecule has 4 rings (SSSR count). The van der Waals surface area contributed by atoms with E-state index in [2.05, 4.69) is 5.32 Å². The van der Waals surface area contributed by atoms with Gasteiger partial charge in [-0.15, -0.1) is 0 Å². The third-order valence-corrected chi connectivity index (χ3v) is 6.22. The maximum Gasteiger partial charge on any atom is 0.408 e. The van der Waals surface area contributed by atoms with Crippen molar-refractivity contribution >= 4 is 23.9 Å². The van der Waals surface area contributed by atoms with Crippen LogP contribution >= 0.6 is 0 Å². The number of nitrogens with zero attached hydrogens (tertiary/aromatic N) is 2. The predicted molar refractivity (Wildman–Crippen MR) is 123 cm³/mol. The fourth-order valence-electron chi connectivity index (χ4n) is 4.55. The molecule has 2 aromatic carbocycles. The van der Waals surface area contributed by atoms with Gasteiger partial charge in [-0.25, -0.2) is 4.79 Å². The second-order valence-corrected chi connectivity index (χ2v) is 9.01. The van der Waals surface area contributed by atoms with Gasteiger partial charge in [0.1, 0.15) is 18.7 Å². The normalized spacial score (nSPS) is 15.5. The average molecular weight is 466 g/mol. The van der Waals surface area contributed by atoms with Crippen molar-refractivity contribution in [2.24, 2.45) is 0 Å². The van der Waals surface area contributed by atoms with E-state index >= 15 is 0 Å². The number of carbonyl (C=O) groups is 4. The fourth-order valence-corrected chi connectivity index (χ4v) is 4.55. The van der Waals surface area contributed by atoms with Gasteiger partial charge in [0.05, 0.1) is 6.54 Å². The Bertz CT molecular complexity index is 1100. The fraction of sp³-hybridized carbons (Fsp3) is 0.360. The smallest absolute Gasteiger partial charge is 0.408 e. The van der Waals surface area contributed by atoms with Gasteiger partial charge in [0, 0.05) is 19.0 Å². The summed E-state index contributed by atoms with van der Waals surface area (Å²) in [6.45, 7) is 2.89. The van der Waals surface area contributed by atoms with Crippen LogP contribution in [0, 0.1) is 0 Å². The van der Waals surface area contributed by atoms with Crippen LogP contribution < -0.4 is 5.32 Å². The van der Waals surface area contributed by atoms with Crippen molar-refractivity contribution in [1.82, 2.24) is 15.1 Å². The third kappa shape index (κ3) is 4.59. The van der Waals surface area contributed by atoms with Crippen LogP contribution in [-0.4, -0.2) is 77.1 Å². The molecule has 1 saturated heterocycles. The van der Waals surface area contributed by atoms with Gasteiger partial charge in [-0.3, -0.25) is 14.4 Å². The Kier molecular flexibility index (Phi) is 6.28. The number of fused-ring (bicyclic) bond motifs is 3. The number of carbonyl (C=O) groups excluding carboxylic acids is 3. The number of hydrogen-bond acceptors (Lipinski definition) is 5. The van der Waals surface area contributed by atoms with E-state index < -0.39 is 36.0 Å². The number of alkyl carbamates (subject to hydrolysis) is 1. The highest BCUT2D eigenvalue weighted by molar-refractivity contribution is 5.93. The van der Waals surface area contributed by atoms with Gasteiger partial charge in [-0.05, 0) is 36.1 Å². The zero-order valence-corrected chi connectivity index (χ0v) is 19.1. The first-order valence-electron chi connectivity index (χ1n) is 11.1. The molecule has 0 saturated carbocycles. The van der Waals surface area contributed by atoms with Crippen molar-refractivity contribution in [3.8, 4) is 11.1 Å². The molecule has 1 aliphatic heterocycles. The molecule has 9 heteroatoms. The lowest BCUT2D eigenvalue weighted by Crippen LogP contribution is -2.61. The maximum atomic E-state index is 13.0.